The minimum atomic E-state index is -4.52. The van der Waals surface area contributed by atoms with Crippen LogP contribution in [0.15, 0.2) is 29.8 Å². The Kier molecular flexibility index (Phi) is 6.63. The van der Waals surface area contributed by atoms with Crippen molar-refractivity contribution in [2.45, 2.75) is 25.1 Å². The molecule has 0 saturated carbocycles. The number of aromatic nitrogens is 1. The molecule has 6 nitrogen and oxygen atoms in total. The molecule has 0 bridgehead atoms. The number of halogens is 4. The second kappa shape index (κ2) is 9.00. The summed E-state index contributed by atoms with van der Waals surface area (Å²) in [5.41, 5.74) is -0.932. The van der Waals surface area contributed by atoms with Crippen LogP contribution in [-0.2, 0) is 11.0 Å². The van der Waals surface area contributed by atoms with Gasteiger partial charge in [-0.2, -0.15) is 13.2 Å². The molecule has 0 radical (unpaired) electrons. The van der Waals surface area contributed by atoms with Crippen molar-refractivity contribution in [3.8, 4) is 0 Å². The summed E-state index contributed by atoms with van der Waals surface area (Å²) >= 11 is 7.16. The Morgan fingerprint density at radius 1 is 1.34 bits per heavy atom. The summed E-state index contributed by atoms with van der Waals surface area (Å²) in [5.74, 6) is -0.318. The van der Waals surface area contributed by atoms with Gasteiger partial charge in [-0.05, 0) is 30.4 Å². The number of pyridine rings is 1. The highest BCUT2D eigenvalue weighted by atomic mass is 35.5. The molecule has 0 unspecified atom stereocenters. The van der Waals surface area contributed by atoms with Gasteiger partial charge in [0.25, 0.3) is 5.91 Å². The Labute approximate surface area is 174 Å². The van der Waals surface area contributed by atoms with E-state index in [2.05, 4.69) is 15.6 Å². The van der Waals surface area contributed by atoms with Gasteiger partial charge >= 0.3 is 6.18 Å². The minimum absolute atomic E-state index is 0.101. The number of anilines is 1. The number of nitrogens with one attached hydrogen (secondary N) is 2. The average molecular weight is 447 g/mol. The van der Waals surface area contributed by atoms with E-state index in [1.807, 2.05) is 5.38 Å². The second-order valence-electron chi connectivity index (χ2n) is 6.40. The molecule has 2 aromatic rings. The summed E-state index contributed by atoms with van der Waals surface area (Å²) in [7, 11) is 0. The van der Waals surface area contributed by atoms with Gasteiger partial charge in [0.2, 0.25) is 5.91 Å². The van der Waals surface area contributed by atoms with E-state index in [0.29, 0.717) is 24.0 Å². The molecule has 3 heterocycles. The molecule has 3 rings (SSSR count). The van der Waals surface area contributed by atoms with Gasteiger partial charge in [-0.3, -0.25) is 9.59 Å². The van der Waals surface area contributed by atoms with Gasteiger partial charge in [-0.25, -0.2) is 4.98 Å². The second-order valence-corrected chi connectivity index (χ2v) is 7.76. The molecule has 2 N–H and O–H groups in total. The Bertz CT molecular complexity index is 876. The van der Waals surface area contributed by atoms with Crippen LogP contribution in [0.25, 0.3) is 0 Å². The third kappa shape index (κ3) is 5.18. The Hall–Kier alpha value is -2.33. The highest BCUT2D eigenvalue weighted by molar-refractivity contribution is 7.12. The molecule has 156 valence electrons. The van der Waals surface area contributed by atoms with Crippen molar-refractivity contribution in [1.82, 2.24) is 15.2 Å². The predicted molar refractivity (Wildman–Crippen MR) is 104 cm³/mol. The molecular formula is C18H18ClF3N4O2S. The van der Waals surface area contributed by atoms with Crippen molar-refractivity contribution in [3.05, 3.63) is 45.2 Å². The molecule has 0 aliphatic carbocycles. The molecule has 1 aliphatic rings. The zero-order chi connectivity index (χ0) is 21.0. The van der Waals surface area contributed by atoms with E-state index in [1.54, 1.807) is 17.0 Å². The monoisotopic (exact) mass is 446 g/mol. The molecule has 1 fully saturated rings. The normalized spacial score (nSPS) is 16.7. The van der Waals surface area contributed by atoms with Crippen LogP contribution in [0.1, 0.15) is 28.1 Å². The molecule has 2 amide bonds. The minimum Gasteiger partial charge on any atom is -0.367 e. The molecule has 1 aliphatic heterocycles. The van der Waals surface area contributed by atoms with Gasteiger partial charge in [0.05, 0.1) is 15.5 Å². The molecule has 0 aromatic carbocycles. The Balaban J connectivity index is 1.49. The van der Waals surface area contributed by atoms with Crippen LogP contribution in [0.5, 0.6) is 0 Å². The number of carbonyl (C=O) groups excluding carboxylic acids is 2. The van der Waals surface area contributed by atoms with Gasteiger partial charge in [0, 0.05) is 25.8 Å². The quantitative estimate of drug-likeness (QED) is 0.664. The third-order valence-electron chi connectivity index (χ3n) is 4.43. The van der Waals surface area contributed by atoms with Crippen molar-refractivity contribution in [3.63, 3.8) is 0 Å². The van der Waals surface area contributed by atoms with Crippen LogP contribution in [0.3, 0.4) is 0 Å². The largest absolute Gasteiger partial charge is 0.417 e. The van der Waals surface area contributed by atoms with Crippen LogP contribution < -0.4 is 10.6 Å². The van der Waals surface area contributed by atoms with E-state index in [-0.39, 0.29) is 35.7 Å². The summed E-state index contributed by atoms with van der Waals surface area (Å²) < 4.78 is 37.9. The molecule has 2 aromatic heterocycles. The number of amides is 2. The van der Waals surface area contributed by atoms with E-state index >= 15 is 0 Å². The lowest BCUT2D eigenvalue weighted by Gasteiger charge is -2.23. The molecule has 11 heteroatoms. The fourth-order valence-electron chi connectivity index (χ4n) is 3.03. The van der Waals surface area contributed by atoms with Gasteiger partial charge in [0.15, 0.2) is 0 Å². The molecule has 1 saturated heterocycles. The summed E-state index contributed by atoms with van der Waals surface area (Å²) in [5, 5.41) is 7.18. The number of carbonyl (C=O) groups is 2. The fraction of sp³-hybridized carbons (Fsp3) is 0.389. The maximum Gasteiger partial charge on any atom is 0.417 e. The van der Waals surface area contributed by atoms with Gasteiger partial charge in [-0.1, -0.05) is 17.7 Å². The van der Waals surface area contributed by atoms with Crippen molar-refractivity contribution in [2.24, 2.45) is 0 Å². The maximum atomic E-state index is 12.6. The molecular weight excluding hydrogens is 429 g/mol. The lowest BCUT2D eigenvalue weighted by molar-refractivity contribution is -0.137. The summed E-state index contributed by atoms with van der Waals surface area (Å²) in [6.07, 6.45) is -2.49. The number of thiophene rings is 1. The van der Waals surface area contributed by atoms with E-state index in [4.69, 9.17) is 11.6 Å². The standard InChI is InChI=1S/C18H18ClF3N4O2S/c19-12-9-11(18(20,21)22)10-25-15(12)23-5-6-24-16(27)13-3-1-7-26(13)17(28)14-4-2-8-29-14/h2,4,8-10,13H,1,3,5-7H2,(H,23,25)(H,24,27)/t13-/m0/s1. The van der Waals surface area contributed by atoms with Crippen LogP contribution >= 0.6 is 22.9 Å². The fourth-order valence-corrected chi connectivity index (χ4v) is 3.94. The van der Waals surface area contributed by atoms with Crippen molar-refractivity contribution < 1.29 is 22.8 Å². The molecule has 1 atom stereocenters. The number of nitrogens with zero attached hydrogens (tertiary/aromatic N) is 2. The first-order chi connectivity index (χ1) is 13.8. The van der Waals surface area contributed by atoms with Crippen molar-refractivity contribution in [1.29, 1.82) is 0 Å². The van der Waals surface area contributed by atoms with E-state index in [1.165, 1.54) is 11.3 Å². The zero-order valence-electron chi connectivity index (χ0n) is 15.1. The number of alkyl halides is 3. The van der Waals surface area contributed by atoms with Gasteiger partial charge in [0.1, 0.15) is 11.9 Å². The number of likely N-dealkylation sites (tertiary alicyclic amines) is 1. The van der Waals surface area contributed by atoms with Gasteiger partial charge in [-0.15, -0.1) is 11.3 Å². The SMILES string of the molecule is O=C(NCCNc1ncc(C(F)(F)F)cc1Cl)[C@@H]1CCCN1C(=O)c1cccs1. The van der Waals surface area contributed by atoms with Crippen LogP contribution in [0.2, 0.25) is 5.02 Å². The van der Waals surface area contributed by atoms with Crippen LogP contribution in [0.4, 0.5) is 19.0 Å². The first-order valence-corrected chi connectivity index (χ1v) is 10.1. The van der Waals surface area contributed by atoms with Crippen molar-refractivity contribution >= 4 is 40.6 Å². The number of hydrogen-bond acceptors (Lipinski definition) is 5. The highest BCUT2D eigenvalue weighted by Crippen LogP contribution is 2.32. The first kappa shape index (κ1) is 21.4. The van der Waals surface area contributed by atoms with Gasteiger partial charge < -0.3 is 15.5 Å². The van der Waals surface area contributed by atoms with Crippen LogP contribution in [0, 0.1) is 0 Å². The predicted octanol–water partition coefficient (Wildman–Crippen LogP) is 3.65. The first-order valence-electron chi connectivity index (χ1n) is 8.86. The Morgan fingerprint density at radius 2 is 2.14 bits per heavy atom. The molecule has 0 spiro atoms. The van der Waals surface area contributed by atoms with E-state index < -0.39 is 17.8 Å². The average Bonchev–Trinajstić information content (AvgIpc) is 3.36. The molecule has 29 heavy (non-hydrogen) atoms. The highest BCUT2D eigenvalue weighted by Gasteiger charge is 2.34. The van der Waals surface area contributed by atoms with E-state index in [9.17, 15) is 22.8 Å². The number of hydrogen-bond donors (Lipinski definition) is 2. The lowest BCUT2D eigenvalue weighted by Crippen LogP contribution is -2.46. The van der Waals surface area contributed by atoms with Crippen LogP contribution in [-0.4, -0.2) is 47.4 Å². The zero-order valence-corrected chi connectivity index (χ0v) is 16.7. The van der Waals surface area contributed by atoms with Crippen molar-refractivity contribution in [2.75, 3.05) is 25.0 Å². The maximum absolute atomic E-state index is 12.6. The lowest BCUT2D eigenvalue weighted by atomic mass is 10.2. The Morgan fingerprint density at radius 3 is 2.79 bits per heavy atom. The topological polar surface area (TPSA) is 74.3 Å². The number of rotatable bonds is 6. The summed E-state index contributed by atoms with van der Waals surface area (Å²) in [6, 6.07) is 3.78. The summed E-state index contributed by atoms with van der Waals surface area (Å²) in [6.45, 7) is 0.947. The van der Waals surface area contributed by atoms with E-state index in [0.717, 1.165) is 12.5 Å². The summed E-state index contributed by atoms with van der Waals surface area (Å²) in [4.78, 5) is 30.8. The smallest absolute Gasteiger partial charge is 0.367 e. The third-order valence-corrected chi connectivity index (χ3v) is 5.58.